The number of hydrogen-bond donors (Lipinski definition) is 4. The number of Topliss-reactive ketones (excluding diaryl/α,β-unsaturated/α-hetero) is 1. The Morgan fingerprint density at radius 2 is 1.53 bits per heavy atom. The molecule has 262 valence electrons. The van der Waals surface area contributed by atoms with E-state index in [1.807, 2.05) is 104 Å². The molecular formula is C41H44N6O4. The number of urea groups is 1. The lowest BCUT2D eigenvalue weighted by atomic mass is 10.0. The second-order valence-electron chi connectivity index (χ2n) is 13.0. The summed E-state index contributed by atoms with van der Waals surface area (Å²) in [6.45, 7) is 2.57. The van der Waals surface area contributed by atoms with E-state index in [-0.39, 0.29) is 17.6 Å². The van der Waals surface area contributed by atoms with Crippen molar-refractivity contribution in [3.63, 3.8) is 0 Å². The van der Waals surface area contributed by atoms with E-state index in [4.69, 9.17) is 4.98 Å². The summed E-state index contributed by atoms with van der Waals surface area (Å²) in [4.78, 5) is 62.1. The molecule has 0 radical (unpaired) electrons. The van der Waals surface area contributed by atoms with Gasteiger partial charge < -0.3 is 25.8 Å². The van der Waals surface area contributed by atoms with Gasteiger partial charge in [-0.15, -0.1) is 0 Å². The van der Waals surface area contributed by atoms with Crippen molar-refractivity contribution in [3.05, 3.63) is 114 Å². The predicted molar refractivity (Wildman–Crippen MR) is 200 cm³/mol. The summed E-state index contributed by atoms with van der Waals surface area (Å²) < 4.78 is 0. The SMILES string of the molecule is CCCC(NC(=O)Nc1cccc(-c2nc3cc(NC(=O)[C@@H]4CCCN4C(=O)CCc4ccccc4)ccc3[nH]2)c1)C(=O)CCc1ccccc1. The molecule has 4 amide bonds. The smallest absolute Gasteiger partial charge is 0.319 e. The highest BCUT2D eigenvalue weighted by Gasteiger charge is 2.33. The number of benzene rings is 4. The average Bonchev–Trinajstić information content (AvgIpc) is 3.82. The summed E-state index contributed by atoms with van der Waals surface area (Å²) in [6, 6.07) is 31.0. The van der Waals surface area contributed by atoms with Gasteiger partial charge in [-0.05, 0) is 73.6 Å². The van der Waals surface area contributed by atoms with Crippen LogP contribution in [0, 0.1) is 0 Å². The van der Waals surface area contributed by atoms with Crippen LogP contribution in [-0.2, 0) is 27.2 Å². The van der Waals surface area contributed by atoms with Gasteiger partial charge in [-0.2, -0.15) is 0 Å². The summed E-state index contributed by atoms with van der Waals surface area (Å²) in [6.07, 6.45) is 4.75. The fraction of sp³-hybridized carbons (Fsp3) is 0.293. The number of H-pyrrole nitrogens is 1. The summed E-state index contributed by atoms with van der Waals surface area (Å²) in [5.74, 6) is 0.400. The molecule has 10 nitrogen and oxygen atoms in total. The van der Waals surface area contributed by atoms with Crippen molar-refractivity contribution in [3.8, 4) is 11.4 Å². The van der Waals surface area contributed by atoms with E-state index in [0.29, 0.717) is 67.8 Å². The molecule has 4 N–H and O–H groups in total. The highest BCUT2D eigenvalue weighted by atomic mass is 16.2. The molecule has 1 aliphatic rings. The van der Waals surface area contributed by atoms with Crippen LogP contribution >= 0.6 is 0 Å². The quantitative estimate of drug-likeness (QED) is 0.0975. The maximum Gasteiger partial charge on any atom is 0.319 e. The van der Waals surface area contributed by atoms with Gasteiger partial charge in [0, 0.05) is 36.3 Å². The van der Waals surface area contributed by atoms with Gasteiger partial charge in [0.05, 0.1) is 17.1 Å². The van der Waals surface area contributed by atoms with Crippen LogP contribution in [-0.4, -0.2) is 57.1 Å². The van der Waals surface area contributed by atoms with E-state index in [1.165, 1.54) is 0 Å². The molecule has 1 aliphatic heterocycles. The first kappa shape index (κ1) is 35.1. The van der Waals surface area contributed by atoms with Crippen LogP contribution in [0.2, 0.25) is 0 Å². The van der Waals surface area contributed by atoms with Gasteiger partial charge in [0.2, 0.25) is 11.8 Å². The molecule has 5 aromatic rings. The standard InChI is InChI=1S/C41H44N6O4/c1-2-11-34(37(48)23-19-28-12-5-3-6-13-28)46-41(51)43-31-17-9-16-30(26-31)39-44-33-22-21-32(27-35(33)45-39)42-40(50)36-18-10-25-47(36)38(49)24-20-29-14-7-4-8-15-29/h3-9,12-17,21-22,26-27,34,36H,2,10-11,18-20,23-25H2,1H3,(H,42,50)(H,44,45)(H2,43,46,51)/t34?,36-/m0/s1. The highest BCUT2D eigenvalue weighted by molar-refractivity contribution is 5.99. The Morgan fingerprint density at radius 3 is 2.25 bits per heavy atom. The maximum absolute atomic E-state index is 13.3. The molecule has 2 heterocycles. The highest BCUT2D eigenvalue weighted by Crippen LogP contribution is 2.26. The number of aromatic nitrogens is 2. The van der Waals surface area contributed by atoms with Gasteiger partial charge in [0.1, 0.15) is 11.9 Å². The van der Waals surface area contributed by atoms with Crippen LogP contribution in [0.1, 0.15) is 56.6 Å². The number of ketones is 1. The van der Waals surface area contributed by atoms with E-state index >= 15 is 0 Å². The van der Waals surface area contributed by atoms with Crippen molar-refractivity contribution < 1.29 is 19.2 Å². The number of anilines is 2. The van der Waals surface area contributed by atoms with Gasteiger partial charge in [-0.3, -0.25) is 14.4 Å². The fourth-order valence-corrected chi connectivity index (χ4v) is 6.58. The first-order chi connectivity index (χ1) is 24.9. The molecule has 1 unspecified atom stereocenters. The topological polar surface area (TPSA) is 136 Å². The predicted octanol–water partition coefficient (Wildman–Crippen LogP) is 7.28. The van der Waals surface area contributed by atoms with Gasteiger partial charge in [0.25, 0.3) is 0 Å². The Kier molecular flexibility index (Phi) is 11.5. The minimum absolute atomic E-state index is 0.00815. The van der Waals surface area contributed by atoms with Crippen molar-refractivity contribution in [1.82, 2.24) is 20.2 Å². The molecule has 1 saturated heterocycles. The van der Waals surface area contributed by atoms with E-state index in [9.17, 15) is 19.2 Å². The van der Waals surface area contributed by atoms with Crippen molar-refractivity contribution in [2.24, 2.45) is 0 Å². The Labute approximate surface area is 298 Å². The molecule has 1 aromatic heterocycles. The van der Waals surface area contributed by atoms with E-state index in [0.717, 1.165) is 35.0 Å². The zero-order valence-electron chi connectivity index (χ0n) is 28.9. The largest absolute Gasteiger partial charge is 0.338 e. The number of aryl methyl sites for hydroxylation is 2. The number of aromatic amines is 1. The monoisotopic (exact) mass is 684 g/mol. The first-order valence-corrected chi connectivity index (χ1v) is 17.7. The van der Waals surface area contributed by atoms with Gasteiger partial charge >= 0.3 is 6.03 Å². The number of likely N-dealkylation sites (tertiary alicyclic amines) is 1. The Balaban J connectivity index is 1.05. The molecular weight excluding hydrogens is 640 g/mol. The van der Waals surface area contributed by atoms with Crippen LogP contribution in [0.5, 0.6) is 0 Å². The fourth-order valence-electron chi connectivity index (χ4n) is 6.58. The number of carbonyl (C=O) groups excluding carboxylic acids is 4. The summed E-state index contributed by atoms with van der Waals surface area (Å²) in [7, 11) is 0. The Bertz CT molecular complexity index is 1980. The van der Waals surface area contributed by atoms with Gasteiger partial charge in [0.15, 0.2) is 5.78 Å². The first-order valence-electron chi connectivity index (χ1n) is 17.7. The second kappa shape index (κ2) is 16.8. The van der Waals surface area contributed by atoms with Gasteiger partial charge in [-0.1, -0.05) is 86.1 Å². The van der Waals surface area contributed by atoms with Crippen molar-refractivity contribution in [1.29, 1.82) is 0 Å². The molecule has 0 aliphatic carbocycles. The average molecular weight is 685 g/mol. The molecule has 1 fully saturated rings. The van der Waals surface area contributed by atoms with E-state index in [1.54, 1.807) is 11.0 Å². The molecule has 51 heavy (non-hydrogen) atoms. The lowest BCUT2D eigenvalue weighted by Gasteiger charge is -2.24. The molecule has 10 heteroatoms. The minimum atomic E-state index is -0.566. The molecule has 0 spiro atoms. The third kappa shape index (κ3) is 9.27. The van der Waals surface area contributed by atoms with Crippen LogP contribution < -0.4 is 16.0 Å². The normalized spacial score (nSPS) is 14.6. The number of rotatable bonds is 14. The van der Waals surface area contributed by atoms with E-state index < -0.39 is 18.1 Å². The van der Waals surface area contributed by atoms with Crippen LogP contribution in [0.15, 0.2) is 103 Å². The number of hydrogen-bond acceptors (Lipinski definition) is 5. The number of fused-ring (bicyclic) bond motifs is 1. The molecule has 2 atom stereocenters. The number of nitrogens with one attached hydrogen (secondary N) is 4. The summed E-state index contributed by atoms with van der Waals surface area (Å²) in [5.41, 5.74) is 5.56. The van der Waals surface area contributed by atoms with E-state index in [2.05, 4.69) is 20.9 Å². The number of carbonyl (C=O) groups is 4. The van der Waals surface area contributed by atoms with Crippen LogP contribution in [0.4, 0.5) is 16.2 Å². The Morgan fingerprint density at radius 1 is 0.824 bits per heavy atom. The lowest BCUT2D eigenvalue weighted by molar-refractivity contribution is -0.136. The van der Waals surface area contributed by atoms with Gasteiger partial charge in [-0.25, -0.2) is 9.78 Å². The third-order valence-corrected chi connectivity index (χ3v) is 9.26. The molecule has 0 bridgehead atoms. The van der Waals surface area contributed by atoms with Crippen molar-refractivity contribution >= 4 is 46.0 Å². The number of nitrogens with zero attached hydrogens (tertiary/aromatic N) is 2. The summed E-state index contributed by atoms with van der Waals surface area (Å²) in [5, 5.41) is 8.73. The van der Waals surface area contributed by atoms with Crippen LogP contribution in [0.3, 0.4) is 0 Å². The number of imidazole rings is 1. The third-order valence-electron chi connectivity index (χ3n) is 9.26. The minimum Gasteiger partial charge on any atom is -0.338 e. The Hall–Kier alpha value is -5.77. The zero-order chi connectivity index (χ0) is 35.6. The maximum atomic E-state index is 13.3. The second-order valence-corrected chi connectivity index (χ2v) is 13.0. The number of amides is 4. The zero-order valence-corrected chi connectivity index (χ0v) is 28.9. The van der Waals surface area contributed by atoms with Crippen LogP contribution in [0.25, 0.3) is 22.4 Å². The molecule has 4 aromatic carbocycles. The van der Waals surface area contributed by atoms with Crippen molar-refractivity contribution in [2.45, 2.75) is 70.4 Å². The molecule has 6 rings (SSSR count). The molecule has 0 saturated carbocycles. The van der Waals surface area contributed by atoms with Crippen molar-refractivity contribution in [2.75, 3.05) is 17.2 Å². The summed E-state index contributed by atoms with van der Waals surface area (Å²) >= 11 is 0. The lowest BCUT2D eigenvalue weighted by Crippen LogP contribution is -2.43.